The molecule has 0 bridgehead atoms. The van der Waals surface area contributed by atoms with Crippen LogP contribution in [0.5, 0.6) is 0 Å². The van der Waals surface area contributed by atoms with E-state index in [1.54, 1.807) is 12.1 Å². The lowest BCUT2D eigenvalue weighted by Crippen LogP contribution is -2.41. The Labute approximate surface area is 126 Å². The van der Waals surface area contributed by atoms with Crippen LogP contribution in [0, 0.1) is 5.41 Å². The van der Waals surface area contributed by atoms with Gasteiger partial charge in [0.25, 0.3) is 0 Å². The Morgan fingerprint density at radius 2 is 2.05 bits per heavy atom. The maximum atomic E-state index is 11.9. The highest BCUT2D eigenvalue weighted by atomic mass is 35.5. The first-order valence-electron chi connectivity index (χ1n) is 7.23. The molecule has 20 heavy (non-hydrogen) atoms. The van der Waals surface area contributed by atoms with Crippen molar-refractivity contribution >= 4 is 23.2 Å². The molecular weight excluding hydrogens is 272 g/mol. The maximum absolute atomic E-state index is 11.9. The number of carbonyl (C=O) groups excluding carboxylic acids is 1. The molecule has 4 heteroatoms. The third-order valence-electron chi connectivity index (χ3n) is 3.88. The Kier molecular flexibility index (Phi) is 5.06. The first kappa shape index (κ1) is 15.3. The van der Waals surface area contributed by atoms with E-state index in [1.807, 2.05) is 12.1 Å². The van der Waals surface area contributed by atoms with E-state index < -0.39 is 0 Å². The lowest BCUT2D eigenvalue weighted by atomic mass is 9.75. The van der Waals surface area contributed by atoms with E-state index in [9.17, 15) is 4.79 Å². The van der Waals surface area contributed by atoms with E-state index in [2.05, 4.69) is 24.5 Å². The van der Waals surface area contributed by atoms with Crippen LogP contribution in [-0.2, 0) is 4.79 Å². The van der Waals surface area contributed by atoms with Crippen molar-refractivity contribution in [2.75, 3.05) is 11.9 Å². The average Bonchev–Trinajstić information content (AvgIpc) is 2.38. The van der Waals surface area contributed by atoms with Crippen LogP contribution in [0.3, 0.4) is 0 Å². The molecule has 0 saturated heterocycles. The predicted octanol–water partition coefficient (Wildman–Crippen LogP) is 3.84. The second-order valence-electron chi connectivity index (χ2n) is 6.39. The molecule has 2 N–H and O–H groups in total. The zero-order chi connectivity index (χ0) is 14.6. The second kappa shape index (κ2) is 6.59. The minimum atomic E-state index is -0.00398. The molecule has 110 valence electrons. The largest absolute Gasteiger partial charge is 0.325 e. The summed E-state index contributed by atoms with van der Waals surface area (Å²) in [5.41, 5.74) is 1.17. The standard InChI is InChI=1S/C16H23ClN2O/c1-16(2)9-3-4-14(10-16)18-11-15(20)19-13-7-5-12(17)6-8-13/h5-8,14,18H,3-4,9-11H2,1-2H3,(H,19,20). The quantitative estimate of drug-likeness (QED) is 0.886. The van der Waals surface area contributed by atoms with Gasteiger partial charge in [-0.2, -0.15) is 0 Å². The molecule has 0 radical (unpaired) electrons. The Bertz CT molecular complexity index is 456. The van der Waals surface area contributed by atoms with Crippen LogP contribution < -0.4 is 10.6 Å². The highest BCUT2D eigenvalue weighted by Gasteiger charge is 2.27. The minimum Gasteiger partial charge on any atom is -0.325 e. The monoisotopic (exact) mass is 294 g/mol. The van der Waals surface area contributed by atoms with Crippen molar-refractivity contribution in [1.82, 2.24) is 5.32 Å². The zero-order valence-corrected chi connectivity index (χ0v) is 13.0. The topological polar surface area (TPSA) is 41.1 Å². The summed E-state index contributed by atoms with van der Waals surface area (Å²) in [4.78, 5) is 11.9. The van der Waals surface area contributed by atoms with E-state index in [1.165, 1.54) is 12.8 Å². The van der Waals surface area contributed by atoms with Gasteiger partial charge in [0.1, 0.15) is 0 Å². The molecule has 1 atom stereocenters. The Hall–Kier alpha value is -1.06. The van der Waals surface area contributed by atoms with Crippen molar-refractivity contribution in [3.8, 4) is 0 Å². The van der Waals surface area contributed by atoms with E-state index in [0.29, 0.717) is 23.0 Å². The van der Waals surface area contributed by atoms with Crippen molar-refractivity contribution in [1.29, 1.82) is 0 Å². The molecular formula is C16H23ClN2O. The zero-order valence-electron chi connectivity index (χ0n) is 12.2. The number of amides is 1. The lowest BCUT2D eigenvalue weighted by Gasteiger charge is -2.35. The van der Waals surface area contributed by atoms with Crippen LogP contribution in [0.2, 0.25) is 5.02 Å². The summed E-state index contributed by atoms with van der Waals surface area (Å²) in [5, 5.41) is 6.91. The molecule has 1 amide bonds. The maximum Gasteiger partial charge on any atom is 0.238 e. The fourth-order valence-electron chi connectivity index (χ4n) is 2.85. The Balaban J connectivity index is 1.76. The molecule has 1 aliphatic carbocycles. The van der Waals surface area contributed by atoms with Crippen LogP contribution in [0.25, 0.3) is 0 Å². The van der Waals surface area contributed by atoms with Gasteiger partial charge in [-0.1, -0.05) is 31.9 Å². The molecule has 1 aromatic rings. The molecule has 1 aliphatic rings. The lowest BCUT2D eigenvalue weighted by molar-refractivity contribution is -0.115. The molecule has 3 nitrogen and oxygen atoms in total. The van der Waals surface area contributed by atoms with E-state index in [4.69, 9.17) is 11.6 Å². The average molecular weight is 295 g/mol. The third kappa shape index (κ3) is 4.80. The molecule has 0 aromatic heterocycles. The summed E-state index contributed by atoms with van der Waals surface area (Å²) in [7, 11) is 0. The number of anilines is 1. The highest BCUT2D eigenvalue weighted by molar-refractivity contribution is 6.30. The van der Waals surface area contributed by atoms with Crippen LogP contribution in [-0.4, -0.2) is 18.5 Å². The third-order valence-corrected chi connectivity index (χ3v) is 4.14. The van der Waals surface area contributed by atoms with Gasteiger partial charge in [-0.15, -0.1) is 0 Å². The van der Waals surface area contributed by atoms with Gasteiger partial charge in [0.15, 0.2) is 0 Å². The van der Waals surface area contributed by atoms with E-state index in [-0.39, 0.29) is 5.91 Å². The fraction of sp³-hybridized carbons (Fsp3) is 0.562. The summed E-state index contributed by atoms with van der Waals surface area (Å²) < 4.78 is 0. The normalized spacial score (nSPS) is 21.4. The van der Waals surface area contributed by atoms with Crippen molar-refractivity contribution in [2.45, 2.75) is 45.6 Å². The van der Waals surface area contributed by atoms with Crippen LogP contribution in [0.4, 0.5) is 5.69 Å². The fourth-order valence-corrected chi connectivity index (χ4v) is 2.97. The molecule has 2 rings (SSSR count). The summed E-state index contributed by atoms with van der Waals surface area (Å²) in [6.45, 7) is 4.96. The number of halogens is 1. The van der Waals surface area contributed by atoms with Crippen molar-refractivity contribution < 1.29 is 4.79 Å². The van der Waals surface area contributed by atoms with Gasteiger partial charge < -0.3 is 10.6 Å². The molecule has 1 unspecified atom stereocenters. The predicted molar refractivity (Wildman–Crippen MR) is 84.1 cm³/mol. The smallest absolute Gasteiger partial charge is 0.238 e. The molecule has 1 saturated carbocycles. The first-order chi connectivity index (χ1) is 9.44. The minimum absolute atomic E-state index is 0.00398. The van der Waals surface area contributed by atoms with E-state index in [0.717, 1.165) is 18.5 Å². The molecule has 0 aliphatic heterocycles. The van der Waals surface area contributed by atoms with Crippen LogP contribution in [0.15, 0.2) is 24.3 Å². The number of benzene rings is 1. The van der Waals surface area contributed by atoms with Crippen molar-refractivity contribution in [3.63, 3.8) is 0 Å². The van der Waals surface area contributed by atoms with E-state index >= 15 is 0 Å². The van der Waals surface area contributed by atoms with Gasteiger partial charge in [-0.05, 0) is 48.9 Å². The summed E-state index contributed by atoms with van der Waals surface area (Å²) in [6, 6.07) is 7.62. The van der Waals surface area contributed by atoms with Gasteiger partial charge >= 0.3 is 0 Å². The highest BCUT2D eigenvalue weighted by Crippen LogP contribution is 2.34. The van der Waals surface area contributed by atoms with Crippen molar-refractivity contribution in [2.24, 2.45) is 5.41 Å². The SMILES string of the molecule is CC1(C)CCCC(NCC(=O)Nc2ccc(Cl)cc2)C1. The number of hydrogen-bond acceptors (Lipinski definition) is 2. The molecule has 0 heterocycles. The first-order valence-corrected chi connectivity index (χ1v) is 7.61. The number of hydrogen-bond donors (Lipinski definition) is 2. The number of nitrogens with one attached hydrogen (secondary N) is 2. The second-order valence-corrected chi connectivity index (χ2v) is 6.83. The number of carbonyl (C=O) groups is 1. The van der Waals surface area contributed by atoms with Gasteiger partial charge in [-0.3, -0.25) is 4.79 Å². The molecule has 0 spiro atoms. The molecule has 1 aromatic carbocycles. The Morgan fingerprint density at radius 1 is 1.35 bits per heavy atom. The summed E-state index contributed by atoms with van der Waals surface area (Å²) in [6.07, 6.45) is 4.82. The summed E-state index contributed by atoms with van der Waals surface area (Å²) in [5.74, 6) is -0.00398. The van der Waals surface area contributed by atoms with Gasteiger partial charge in [0.2, 0.25) is 5.91 Å². The number of rotatable bonds is 4. The summed E-state index contributed by atoms with van der Waals surface area (Å²) >= 11 is 5.81. The van der Waals surface area contributed by atoms with Crippen LogP contribution >= 0.6 is 11.6 Å². The molecule has 1 fully saturated rings. The van der Waals surface area contributed by atoms with Gasteiger partial charge in [-0.25, -0.2) is 0 Å². The van der Waals surface area contributed by atoms with Crippen molar-refractivity contribution in [3.05, 3.63) is 29.3 Å². The van der Waals surface area contributed by atoms with Crippen LogP contribution in [0.1, 0.15) is 39.5 Å². The van der Waals surface area contributed by atoms with Gasteiger partial charge in [0.05, 0.1) is 6.54 Å². The Morgan fingerprint density at radius 3 is 2.70 bits per heavy atom. The van der Waals surface area contributed by atoms with Gasteiger partial charge in [0, 0.05) is 16.8 Å².